The van der Waals surface area contributed by atoms with Crippen molar-refractivity contribution in [3.63, 3.8) is 0 Å². The average Bonchev–Trinajstić information content (AvgIpc) is 2.41. The van der Waals surface area contributed by atoms with Gasteiger partial charge in [0.25, 0.3) is 5.91 Å². The Bertz CT molecular complexity index is 496. The second kappa shape index (κ2) is 7.99. The zero-order valence-corrected chi connectivity index (χ0v) is 11.6. The number of carbonyl (C=O) groups excluding carboxylic acids is 1. The van der Waals surface area contributed by atoms with Crippen LogP contribution in [0, 0.1) is 6.92 Å². The van der Waals surface area contributed by atoms with Crippen molar-refractivity contribution in [2.75, 3.05) is 6.61 Å². The lowest BCUT2D eigenvalue weighted by Gasteiger charge is -2.13. The maximum Gasteiger partial charge on any atom is 0.326 e. The van der Waals surface area contributed by atoms with Gasteiger partial charge in [-0.1, -0.05) is 24.3 Å². The van der Waals surface area contributed by atoms with Gasteiger partial charge in [-0.05, 0) is 38.0 Å². The number of allylic oxidation sites excluding steroid dienone is 1. The van der Waals surface area contributed by atoms with Gasteiger partial charge in [-0.15, -0.1) is 0 Å². The van der Waals surface area contributed by atoms with Gasteiger partial charge < -0.3 is 15.2 Å². The number of hydrogen-bond acceptors (Lipinski definition) is 3. The van der Waals surface area contributed by atoms with Gasteiger partial charge in [-0.25, -0.2) is 4.79 Å². The number of carboxylic acids is 1. The monoisotopic (exact) mass is 277 g/mol. The summed E-state index contributed by atoms with van der Waals surface area (Å²) in [5, 5.41) is 11.4. The van der Waals surface area contributed by atoms with E-state index in [2.05, 4.69) is 5.32 Å². The minimum atomic E-state index is -1.06. The fourth-order valence-corrected chi connectivity index (χ4v) is 1.58. The van der Waals surface area contributed by atoms with E-state index in [0.717, 1.165) is 5.56 Å². The van der Waals surface area contributed by atoms with Crippen LogP contribution in [0.5, 0.6) is 5.75 Å². The van der Waals surface area contributed by atoms with Crippen LogP contribution >= 0.6 is 0 Å². The Morgan fingerprint density at radius 2 is 2.20 bits per heavy atom. The van der Waals surface area contributed by atoms with Gasteiger partial charge in [0, 0.05) is 0 Å². The van der Waals surface area contributed by atoms with Crippen molar-refractivity contribution in [3.05, 3.63) is 42.0 Å². The molecule has 5 nitrogen and oxygen atoms in total. The van der Waals surface area contributed by atoms with Crippen LogP contribution in [0.1, 0.15) is 18.9 Å². The number of amides is 1. The van der Waals surface area contributed by atoms with Crippen LogP contribution in [0.3, 0.4) is 0 Å². The molecule has 1 aromatic rings. The third-order valence-electron chi connectivity index (χ3n) is 2.60. The van der Waals surface area contributed by atoms with Crippen LogP contribution in [0.15, 0.2) is 36.4 Å². The molecule has 0 radical (unpaired) electrons. The Balaban J connectivity index is 2.47. The quantitative estimate of drug-likeness (QED) is 0.746. The van der Waals surface area contributed by atoms with Crippen LogP contribution in [0.25, 0.3) is 0 Å². The number of hydrogen-bond donors (Lipinski definition) is 2. The van der Waals surface area contributed by atoms with Gasteiger partial charge in [0.2, 0.25) is 0 Å². The number of aliphatic carboxylic acids is 1. The smallest absolute Gasteiger partial charge is 0.326 e. The third-order valence-corrected chi connectivity index (χ3v) is 2.60. The van der Waals surface area contributed by atoms with Gasteiger partial charge in [0.15, 0.2) is 6.61 Å². The van der Waals surface area contributed by atoms with E-state index in [9.17, 15) is 9.59 Å². The summed E-state index contributed by atoms with van der Waals surface area (Å²) in [4.78, 5) is 22.6. The molecule has 1 aromatic carbocycles. The third kappa shape index (κ3) is 5.56. The van der Waals surface area contributed by atoms with E-state index in [0.29, 0.717) is 5.75 Å². The fourth-order valence-electron chi connectivity index (χ4n) is 1.58. The highest BCUT2D eigenvalue weighted by Crippen LogP contribution is 2.11. The first-order chi connectivity index (χ1) is 9.52. The minimum absolute atomic E-state index is 0.205. The summed E-state index contributed by atoms with van der Waals surface area (Å²) in [5.74, 6) is -0.934. The standard InChI is InChI=1S/C15H19NO4/c1-3-4-8-13(15(18)19)16-14(17)10-20-12-7-5-6-11(2)9-12/h3-7,9,13H,8,10H2,1-2H3,(H,16,17)(H,18,19)/b4-3+. The first-order valence-corrected chi connectivity index (χ1v) is 6.35. The number of nitrogens with one attached hydrogen (secondary N) is 1. The Morgan fingerprint density at radius 3 is 2.80 bits per heavy atom. The van der Waals surface area contributed by atoms with E-state index in [1.807, 2.05) is 25.1 Å². The number of benzene rings is 1. The molecule has 0 fully saturated rings. The lowest BCUT2D eigenvalue weighted by molar-refractivity contribution is -0.142. The molecule has 0 saturated carbocycles. The van der Waals surface area contributed by atoms with Crippen LogP contribution in [-0.4, -0.2) is 29.6 Å². The number of carbonyl (C=O) groups is 2. The molecular weight excluding hydrogens is 258 g/mol. The molecule has 0 aromatic heterocycles. The minimum Gasteiger partial charge on any atom is -0.484 e. The molecule has 1 rings (SSSR count). The largest absolute Gasteiger partial charge is 0.484 e. The van der Waals surface area contributed by atoms with Gasteiger partial charge in [0.05, 0.1) is 0 Å². The van der Waals surface area contributed by atoms with Crippen molar-refractivity contribution >= 4 is 11.9 Å². The van der Waals surface area contributed by atoms with Crippen molar-refractivity contribution in [2.45, 2.75) is 26.3 Å². The molecule has 2 N–H and O–H groups in total. The lowest BCUT2D eigenvalue weighted by atomic mass is 10.2. The van der Waals surface area contributed by atoms with Gasteiger partial charge in [-0.3, -0.25) is 4.79 Å². The first kappa shape index (κ1) is 15.8. The van der Waals surface area contributed by atoms with Crippen molar-refractivity contribution in [1.29, 1.82) is 0 Å². The molecule has 1 unspecified atom stereocenters. The summed E-state index contributed by atoms with van der Waals surface area (Å²) < 4.78 is 5.31. The van der Waals surface area contributed by atoms with E-state index in [1.165, 1.54) is 0 Å². The summed E-state index contributed by atoms with van der Waals surface area (Å²) in [5.41, 5.74) is 1.03. The second-order valence-electron chi connectivity index (χ2n) is 4.37. The zero-order chi connectivity index (χ0) is 15.0. The number of rotatable bonds is 7. The van der Waals surface area contributed by atoms with Gasteiger partial charge >= 0.3 is 5.97 Å². The molecular formula is C15H19NO4. The Hall–Kier alpha value is -2.30. The van der Waals surface area contributed by atoms with E-state index in [4.69, 9.17) is 9.84 Å². The fraction of sp³-hybridized carbons (Fsp3) is 0.333. The summed E-state index contributed by atoms with van der Waals surface area (Å²) in [6, 6.07) is 6.37. The number of carboxylic acid groups (broad SMARTS) is 1. The molecule has 0 aliphatic carbocycles. The molecule has 108 valence electrons. The molecule has 0 heterocycles. The maximum atomic E-state index is 11.7. The molecule has 20 heavy (non-hydrogen) atoms. The van der Waals surface area contributed by atoms with Crippen LogP contribution in [0.4, 0.5) is 0 Å². The van der Waals surface area contributed by atoms with Crippen molar-refractivity contribution in [2.24, 2.45) is 0 Å². The van der Waals surface area contributed by atoms with Gasteiger partial charge in [0.1, 0.15) is 11.8 Å². The normalized spacial score (nSPS) is 12.1. The van der Waals surface area contributed by atoms with E-state index >= 15 is 0 Å². The number of ether oxygens (including phenoxy) is 1. The van der Waals surface area contributed by atoms with Crippen LogP contribution in [0.2, 0.25) is 0 Å². The predicted octanol–water partition coefficient (Wildman–Crippen LogP) is 1.91. The number of aryl methyl sites for hydroxylation is 1. The summed E-state index contributed by atoms with van der Waals surface area (Å²) in [7, 11) is 0. The topological polar surface area (TPSA) is 75.6 Å². The Kier molecular flexibility index (Phi) is 6.29. The summed E-state index contributed by atoms with van der Waals surface area (Å²) in [6.07, 6.45) is 3.69. The lowest BCUT2D eigenvalue weighted by Crippen LogP contribution is -2.42. The molecule has 0 aliphatic rings. The van der Waals surface area contributed by atoms with Crippen LogP contribution in [-0.2, 0) is 9.59 Å². The maximum absolute atomic E-state index is 11.7. The zero-order valence-electron chi connectivity index (χ0n) is 11.6. The van der Waals surface area contributed by atoms with Crippen molar-refractivity contribution < 1.29 is 19.4 Å². The Morgan fingerprint density at radius 1 is 1.45 bits per heavy atom. The highest BCUT2D eigenvalue weighted by molar-refractivity contribution is 5.84. The van der Waals surface area contributed by atoms with E-state index in [1.54, 1.807) is 25.1 Å². The van der Waals surface area contributed by atoms with Crippen molar-refractivity contribution in [1.82, 2.24) is 5.32 Å². The molecule has 1 atom stereocenters. The van der Waals surface area contributed by atoms with Crippen molar-refractivity contribution in [3.8, 4) is 5.75 Å². The summed E-state index contributed by atoms with van der Waals surface area (Å²) >= 11 is 0. The molecule has 0 bridgehead atoms. The molecule has 1 amide bonds. The highest BCUT2D eigenvalue weighted by atomic mass is 16.5. The molecule has 0 aliphatic heterocycles. The SMILES string of the molecule is C/C=C/CC(NC(=O)COc1cccc(C)c1)C(=O)O. The highest BCUT2D eigenvalue weighted by Gasteiger charge is 2.18. The van der Waals surface area contributed by atoms with Crippen LogP contribution < -0.4 is 10.1 Å². The predicted molar refractivity (Wildman–Crippen MR) is 75.7 cm³/mol. The Labute approximate surface area is 118 Å². The van der Waals surface area contributed by atoms with E-state index < -0.39 is 17.9 Å². The average molecular weight is 277 g/mol. The second-order valence-corrected chi connectivity index (χ2v) is 4.37. The molecule has 0 saturated heterocycles. The molecule has 5 heteroatoms. The van der Waals surface area contributed by atoms with Gasteiger partial charge in [-0.2, -0.15) is 0 Å². The van der Waals surface area contributed by atoms with E-state index in [-0.39, 0.29) is 13.0 Å². The first-order valence-electron chi connectivity index (χ1n) is 6.35. The summed E-state index contributed by atoms with van der Waals surface area (Å²) in [6.45, 7) is 3.51. The molecule has 0 spiro atoms.